The lowest BCUT2D eigenvalue weighted by atomic mass is 9.81. The molecule has 4 N–H and O–H groups in total. The van der Waals surface area contributed by atoms with Gasteiger partial charge in [-0.15, -0.1) is 0 Å². The van der Waals surface area contributed by atoms with Crippen LogP contribution in [-0.2, 0) is 4.79 Å². The Morgan fingerprint density at radius 3 is 2.67 bits per heavy atom. The van der Waals surface area contributed by atoms with E-state index in [0.29, 0.717) is 12.4 Å². The number of nitrogens with zero attached hydrogens (tertiary/aromatic N) is 1. The molecule has 84 valence electrons. The summed E-state index contributed by atoms with van der Waals surface area (Å²) in [5.74, 6) is 0.568. The number of nitrogens with one attached hydrogen (secondary N) is 2. The minimum Gasteiger partial charge on any atom is -0.329 e. The van der Waals surface area contributed by atoms with E-state index in [9.17, 15) is 4.79 Å². The summed E-state index contributed by atoms with van der Waals surface area (Å²) in [5, 5.41) is 9.23. The quantitative estimate of drug-likeness (QED) is 0.680. The van der Waals surface area contributed by atoms with Gasteiger partial charge in [-0.25, -0.2) is 0 Å². The molecule has 0 aromatic carbocycles. The van der Waals surface area contributed by atoms with Gasteiger partial charge in [0, 0.05) is 12.6 Å². The maximum absolute atomic E-state index is 12.0. The molecule has 0 aliphatic carbocycles. The van der Waals surface area contributed by atoms with Crippen LogP contribution in [0.1, 0.15) is 26.7 Å². The van der Waals surface area contributed by atoms with Crippen molar-refractivity contribution in [1.29, 1.82) is 0 Å². The number of aromatic nitrogens is 2. The molecule has 5 nitrogen and oxygen atoms in total. The van der Waals surface area contributed by atoms with Crippen molar-refractivity contribution < 1.29 is 4.79 Å². The molecule has 5 heteroatoms. The largest absolute Gasteiger partial charge is 0.329 e. The topological polar surface area (TPSA) is 83.8 Å². The Hall–Kier alpha value is -1.36. The molecule has 15 heavy (non-hydrogen) atoms. The number of aromatic amines is 1. The van der Waals surface area contributed by atoms with Crippen molar-refractivity contribution in [3.05, 3.63) is 12.3 Å². The van der Waals surface area contributed by atoms with E-state index in [4.69, 9.17) is 5.73 Å². The van der Waals surface area contributed by atoms with Crippen LogP contribution in [0.4, 0.5) is 5.82 Å². The average molecular weight is 210 g/mol. The van der Waals surface area contributed by atoms with Gasteiger partial charge in [-0.3, -0.25) is 9.89 Å². The van der Waals surface area contributed by atoms with Crippen molar-refractivity contribution in [1.82, 2.24) is 10.2 Å². The number of rotatable bonds is 5. The van der Waals surface area contributed by atoms with Crippen LogP contribution in [-0.4, -0.2) is 22.6 Å². The number of hydrogen-bond acceptors (Lipinski definition) is 3. The van der Waals surface area contributed by atoms with Crippen LogP contribution in [0.15, 0.2) is 12.3 Å². The molecule has 0 spiro atoms. The Balaban J connectivity index is 2.73. The maximum atomic E-state index is 12.0. The molecule has 1 rings (SSSR count). The van der Waals surface area contributed by atoms with Crippen molar-refractivity contribution in [2.24, 2.45) is 11.1 Å². The lowest BCUT2D eigenvalue weighted by molar-refractivity contribution is -0.125. The van der Waals surface area contributed by atoms with E-state index in [2.05, 4.69) is 15.5 Å². The van der Waals surface area contributed by atoms with Crippen molar-refractivity contribution in [3.8, 4) is 0 Å². The summed E-state index contributed by atoms with van der Waals surface area (Å²) in [5.41, 5.74) is 5.20. The summed E-state index contributed by atoms with van der Waals surface area (Å²) in [6.07, 6.45) is 3.07. The van der Waals surface area contributed by atoms with Crippen LogP contribution in [0, 0.1) is 5.41 Å². The highest BCUT2D eigenvalue weighted by Gasteiger charge is 2.33. The van der Waals surface area contributed by atoms with Crippen molar-refractivity contribution in [3.63, 3.8) is 0 Å². The summed E-state index contributed by atoms with van der Waals surface area (Å²) in [7, 11) is 0. The third-order valence-electron chi connectivity index (χ3n) is 2.97. The van der Waals surface area contributed by atoms with Crippen LogP contribution in [0.5, 0.6) is 0 Å². The smallest absolute Gasteiger partial charge is 0.232 e. The van der Waals surface area contributed by atoms with Crippen LogP contribution in [0.25, 0.3) is 0 Å². The van der Waals surface area contributed by atoms with E-state index in [1.54, 1.807) is 12.3 Å². The van der Waals surface area contributed by atoms with Crippen molar-refractivity contribution in [2.45, 2.75) is 26.7 Å². The Kier molecular flexibility index (Phi) is 3.85. The third kappa shape index (κ3) is 2.36. The molecule has 1 amide bonds. The molecule has 0 fully saturated rings. The van der Waals surface area contributed by atoms with Gasteiger partial charge < -0.3 is 11.1 Å². The fraction of sp³-hybridized carbons (Fsp3) is 0.600. The Morgan fingerprint density at radius 2 is 2.27 bits per heavy atom. The van der Waals surface area contributed by atoms with Crippen LogP contribution in [0.3, 0.4) is 0 Å². The zero-order valence-corrected chi connectivity index (χ0v) is 9.21. The fourth-order valence-electron chi connectivity index (χ4n) is 1.53. The second kappa shape index (κ2) is 4.93. The third-order valence-corrected chi connectivity index (χ3v) is 2.97. The first kappa shape index (κ1) is 11.7. The first-order valence-electron chi connectivity index (χ1n) is 5.19. The van der Waals surface area contributed by atoms with Gasteiger partial charge in [0.15, 0.2) is 0 Å². The normalized spacial score (nSPS) is 11.4. The first-order valence-corrected chi connectivity index (χ1v) is 5.19. The van der Waals surface area contributed by atoms with E-state index in [1.165, 1.54) is 0 Å². The SMILES string of the molecule is CCC(CC)(CN)C(=O)Nc1ccn[nH]1. The molecule has 1 heterocycles. The highest BCUT2D eigenvalue weighted by molar-refractivity contribution is 5.94. The molecular weight excluding hydrogens is 192 g/mol. The fourth-order valence-corrected chi connectivity index (χ4v) is 1.53. The van der Waals surface area contributed by atoms with Gasteiger partial charge in [-0.1, -0.05) is 13.8 Å². The van der Waals surface area contributed by atoms with Gasteiger partial charge in [-0.2, -0.15) is 5.10 Å². The Labute approximate surface area is 89.4 Å². The molecule has 0 aliphatic heterocycles. The molecule has 0 atom stereocenters. The minimum atomic E-state index is -0.467. The lowest BCUT2D eigenvalue weighted by Gasteiger charge is -2.28. The van der Waals surface area contributed by atoms with Gasteiger partial charge in [0.05, 0.1) is 11.6 Å². The summed E-state index contributed by atoms with van der Waals surface area (Å²) < 4.78 is 0. The predicted molar refractivity (Wildman–Crippen MR) is 59.3 cm³/mol. The average Bonchev–Trinajstić information content (AvgIpc) is 2.74. The molecule has 0 saturated carbocycles. The number of nitrogens with two attached hydrogens (primary N) is 1. The molecule has 0 unspecified atom stereocenters. The monoisotopic (exact) mass is 210 g/mol. The Morgan fingerprint density at radius 1 is 1.60 bits per heavy atom. The van der Waals surface area contributed by atoms with Gasteiger partial charge in [0.2, 0.25) is 5.91 Å². The molecule has 1 aromatic heterocycles. The Bertz CT molecular complexity index is 295. The predicted octanol–water partition coefficient (Wildman–Crippen LogP) is 1.11. The second-order valence-corrected chi connectivity index (χ2v) is 3.62. The molecule has 1 aromatic rings. The van der Waals surface area contributed by atoms with Gasteiger partial charge in [0.1, 0.15) is 5.82 Å². The van der Waals surface area contributed by atoms with Crippen molar-refractivity contribution >= 4 is 11.7 Å². The second-order valence-electron chi connectivity index (χ2n) is 3.62. The van der Waals surface area contributed by atoms with E-state index in [-0.39, 0.29) is 5.91 Å². The van der Waals surface area contributed by atoms with Crippen molar-refractivity contribution in [2.75, 3.05) is 11.9 Å². The van der Waals surface area contributed by atoms with Gasteiger partial charge >= 0.3 is 0 Å². The minimum absolute atomic E-state index is 0.0424. The zero-order valence-electron chi connectivity index (χ0n) is 9.21. The van der Waals surface area contributed by atoms with Crippen LogP contribution >= 0.6 is 0 Å². The lowest BCUT2D eigenvalue weighted by Crippen LogP contribution is -2.41. The summed E-state index contributed by atoms with van der Waals surface area (Å²) >= 11 is 0. The molecule has 0 saturated heterocycles. The molecular formula is C10H18N4O. The van der Waals surface area contributed by atoms with Gasteiger partial charge in [0.25, 0.3) is 0 Å². The number of carbonyl (C=O) groups is 1. The zero-order chi connectivity index (χ0) is 11.3. The standard InChI is InChI=1S/C10H18N4O/c1-3-10(4-2,7-11)9(15)13-8-5-6-12-14-8/h5-6H,3-4,7,11H2,1-2H3,(H2,12,13,14,15). The number of anilines is 1. The summed E-state index contributed by atoms with van der Waals surface area (Å²) in [6.45, 7) is 4.31. The molecule has 0 aliphatic rings. The molecule has 0 bridgehead atoms. The first-order chi connectivity index (χ1) is 7.18. The highest BCUT2D eigenvalue weighted by atomic mass is 16.2. The maximum Gasteiger partial charge on any atom is 0.232 e. The van der Waals surface area contributed by atoms with Crippen LogP contribution < -0.4 is 11.1 Å². The summed E-state index contributed by atoms with van der Waals surface area (Å²) in [6, 6.07) is 1.71. The van der Waals surface area contributed by atoms with E-state index in [0.717, 1.165) is 12.8 Å². The molecule has 0 radical (unpaired) electrons. The highest BCUT2D eigenvalue weighted by Crippen LogP contribution is 2.26. The number of carbonyl (C=O) groups excluding carboxylic acids is 1. The van der Waals surface area contributed by atoms with E-state index in [1.807, 2.05) is 13.8 Å². The van der Waals surface area contributed by atoms with E-state index >= 15 is 0 Å². The number of hydrogen-bond donors (Lipinski definition) is 3. The number of amides is 1. The number of H-pyrrole nitrogens is 1. The van der Waals surface area contributed by atoms with E-state index < -0.39 is 5.41 Å². The van der Waals surface area contributed by atoms with Crippen LogP contribution in [0.2, 0.25) is 0 Å². The van der Waals surface area contributed by atoms with Gasteiger partial charge in [-0.05, 0) is 12.8 Å². The summed E-state index contributed by atoms with van der Waals surface area (Å²) in [4.78, 5) is 12.0.